The van der Waals surface area contributed by atoms with Crippen molar-refractivity contribution >= 4 is 45.1 Å². The first-order valence-corrected chi connectivity index (χ1v) is 9.07. The highest BCUT2D eigenvalue weighted by molar-refractivity contribution is 7.90. The molecule has 4 amide bonds. The van der Waals surface area contributed by atoms with E-state index in [1.54, 1.807) is 6.92 Å². The van der Waals surface area contributed by atoms with Crippen LogP contribution in [0.1, 0.15) is 4.88 Å². The van der Waals surface area contributed by atoms with Gasteiger partial charge in [0, 0.05) is 22.4 Å². The highest BCUT2D eigenvalue weighted by atomic mass is 32.2. The molecule has 134 valence electrons. The van der Waals surface area contributed by atoms with E-state index in [4.69, 9.17) is 10.5 Å². The molecule has 5 N–H and O–H groups in total. The van der Waals surface area contributed by atoms with Crippen LogP contribution in [0.4, 0.5) is 21.2 Å². The van der Waals surface area contributed by atoms with E-state index >= 15 is 0 Å². The Morgan fingerprint density at radius 1 is 1.20 bits per heavy atom. The molecule has 0 saturated carbocycles. The van der Waals surface area contributed by atoms with Gasteiger partial charge in [-0.25, -0.2) is 27.7 Å². The predicted octanol–water partition coefficient (Wildman–Crippen LogP) is 1.46. The minimum Gasteiger partial charge on any atom is -0.496 e. The van der Waals surface area contributed by atoms with Crippen LogP contribution in [0, 0.1) is 6.92 Å². The van der Waals surface area contributed by atoms with Crippen molar-refractivity contribution in [3.63, 3.8) is 0 Å². The third kappa shape index (κ3) is 5.06. The fourth-order valence-corrected chi connectivity index (χ4v) is 3.80. The Hall–Kier alpha value is -2.86. The molecule has 2 aromatic rings. The zero-order valence-corrected chi connectivity index (χ0v) is 14.8. The number of sulfonamides is 1. The number of carbonyl (C=O) groups excluding carboxylic acids is 2. The Balaban J connectivity index is 2.15. The molecular weight excluding hydrogens is 370 g/mol. The standard InChI is InChI=1S/C13H15N5O5S2/c1-7-3-9(6-24-7)25(21,22)18-13(20)17-11-5-8(23-2)4-10(15-11)16-12(14)19/h3-6H,1-2H3,(H5,14,15,16,17,18,19,20). The lowest BCUT2D eigenvalue weighted by Gasteiger charge is -2.10. The number of pyridine rings is 1. The molecule has 0 aliphatic heterocycles. The van der Waals surface area contributed by atoms with Crippen molar-refractivity contribution in [3.8, 4) is 5.75 Å². The van der Waals surface area contributed by atoms with Crippen LogP contribution in [0.5, 0.6) is 5.75 Å². The van der Waals surface area contributed by atoms with Crippen LogP contribution >= 0.6 is 11.3 Å². The van der Waals surface area contributed by atoms with Crippen molar-refractivity contribution in [2.24, 2.45) is 5.73 Å². The molecule has 0 aliphatic carbocycles. The van der Waals surface area contributed by atoms with Crippen LogP contribution in [0.15, 0.2) is 28.5 Å². The largest absolute Gasteiger partial charge is 0.496 e. The van der Waals surface area contributed by atoms with Crippen molar-refractivity contribution in [1.82, 2.24) is 9.71 Å². The Morgan fingerprint density at radius 2 is 1.84 bits per heavy atom. The number of methoxy groups -OCH3 is 1. The van der Waals surface area contributed by atoms with Gasteiger partial charge in [0.15, 0.2) is 0 Å². The lowest BCUT2D eigenvalue weighted by atomic mass is 10.4. The van der Waals surface area contributed by atoms with Crippen LogP contribution in [0.3, 0.4) is 0 Å². The SMILES string of the molecule is COc1cc(NC(N)=O)nc(NC(=O)NS(=O)(=O)c2csc(C)c2)c1. The first-order chi connectivity index (χ1) is 11.7. The minimum absolute atomic E-state index is 0.0140. The minimum atomic E-state index is -4.00. The third-order valence-electron chi connectivity index (χ3n) is 2.77. The van der Waals surface area contributed by atoms with E-state index in [1.165, 1.54) is 42.0 Å². The molecule has 2 aromatic heterocycles. The number of anilines is 2. The number of nitrogens with two attached hydrogens (primary N) is 1. The van der Waals surface area contributed by atoms with E-state index in [2.05, 4.69) is 15.6 Å². The summed E-state index contributed by atoms with van der Waals surface area (Å²) in [5.41, 5.74) is 5.01. The summed E-state index contributed by atoms with van der Waals surface area (Å²) in [5, 5.41) is 5.90. The third-order valence-corrected chi connectivity index (χ3v) is 5.09. The lowest BCUT2D eigenvalue weighted by Crippen LogP contribution is -2.34. The number of hydrogen-bond acceptors (Lipinski definition) is 7. The second kappa shape index (κ2) is 7.36. The van der Waals surface area contributed by atoms with Gasteiger partial charge in [-0.1, -0.05) is 0 Å². The number of rotatable bonds is 5. The van der Waals surface area contributed by atoms with Gasteiger partial charge in [-0.05, 0) is 13.0 Å². The highest BCUT2D eigenvalue weighted by Gasteiger charge is 2.19. The molecule has 0 aliphatic rings. The first kappa shape index (κ1) is 18.5. The second-order valence-corrected chi connectivity index (χ2v) is 7.52. The number of nitrogens with zero attached hydrogens (tertiary/aromatic N) is 1. The number of aromatic nitrogens is 1. The number of thiophene rings is 1. The Labute approximate surface area is 147 Å². The molecule has 0 atom stereocenters. The molecule has 0 spiro atoms. The lowest BCUT2D eigenvalue weighted by molar-refractivity contribution is 0.256. The summed E-state index contributed by atoms with van der Waals surface area (Å²) in [6.07, 6.45) is 0. The van der Waals surface area contributed by atoms with Crippen LogP contribution in [-0.2, 0) is 10.0 Å². The quantitative estimate of drug-likeness (QED) is 0.611. The Bertz CT molecular complexity index is 909. The van der Waals surface area contributed by atoms with Gasteiger partial charge in [0.2, 0.25) is 0 Å². The molecule has 0 fully saturated rings. The number of aryl methyl sites for hydroxylation is 1. The second-order valence-electron chi connectivity index (χ2n) is 4.72. The number of hydrogen-bond donors (Lipinski definition) is 4. The number of urea groups is 2. The van der Waals surface area contributed by atoms with Gasteiger partial charge in [0.25, 0.3) is 10.0 Å². The van der Waals surface area contributed by atoms with Crippen molar-refractivity contribution in [2.45, 2.75) is 11.8 Å². The Morgan fingerprint density at radius 3 is 2.36 bits per heavy atom. The number of nitrogens with one attached hydrogen (secondary N) is 3. The van der Waals surface area contributed by atoms with E-state index < -0.39 is 22.1 Å². The normalized spacial score (nSPS) is 10.8. The number of primary amides is 1. The molecule has 0 unspecified atom stereocenters. The Kier molecular flexibility index (Phi) is 5.44. The van der Waals surface area contributed by atoms with Gasteiger partial charge in [-0.2, -0.15) is 0 Å². The summed E-state index contributed by atoms with van der Waals surface area (Å²) in [6, 6.07) is 2.28. The molecule has 2 rings (SSSR count). The van der Waals surface area contributed by atoms with Crippen LogP contribution in [0.2, 0.25) is 0 Å². The zero-order valence-electron chi connectivity index (χ0n) is 13.2. The maximum absolute atomic E-state index is 12.1. The average Bonchev–Trinajstić information content (AvgIpc) is 2.93. The van der Waals surface area contributed by atoms with Crippen LogP contribution in [0.25, 0.3) is 0 Å². The summed E-state index contributed by atoms with van der Waals surface area (Å²) < 4.78 is 31.1. The van der Waals surface area contributed by atoms with Gasteiger partial charge in [-0.3, -0.25) is 10.6 Å². The molecule has 12 heteroatoms. The van der Waals surface area contributed by atoms with E-state index in [1.807, 2.05) is 4.72 Å². The average molecular weight is 385 g/mol. The first-order valence-electron chi connectivity index (χ1n) is 6.71. The van der Waals surface area contributed by atoms with E-state index in [0.717, 1.165) is 4.88 Å². The van der Waals surface area contributed by atoms with E-state index in [0.29, 0.717) is 0 Å². The van der Waals surface area contributed by atoms with Crippen molar-refractivity contribution < 1.29 is 22.7 Å². The van der Waals surface area contributed by atoms with Gasteiger partial charge >= 0.3 is 12.1 Å². The summed E-state index contributed by atoms with van der Waals surface area (Å²) in [7, 11) is -2.63. The summed E-state index contributed by atoms with van der Waals surface area (Å²) in [5.74, 6) is 0.251. The molecule has 10 nitrogen and oxygen atoms in total. The van der Waals surface area contributed by atoms with Gasteiger partial charge in [0.1, 0.15) is 17.4 Å². The molecule has 0 radical (unpaired) electrons. The molecule has 25 heavy (non-hydrogen) atoms. The van der Waals surface area contributed by atoms with Gasteiger partial charge < -0.3 is 10.5 Å². The maximum atomic E-state index is 12.1. The fraction of sp³-hybridized carbons (Fsp3) is 0.154. The van der Waals surface area contributed by atoms with Gasteiger partial charge in [0.05, 0.1) is 12.0 Å². The van der Waals surface area contributed by atoms with Crippen LogP contribution in [-0.4, -0.2) is 32.6 Å². The summed E-state index contributed by atoms with van der Waals surface area (Å²) >= 11 is 1.24. The fourth-order valence-electron chi connectivity index (χ4n) is 1.76. The molecule has 0 aromatic carbocycles. The molecule has 0 bridgehead atoms. The highest BCUT2D eigenvalue weighted by Crippen LogP contribution is 2.21. The molecule has 2 heterocycles. The zero-order chi connectivity index (χ0) is 18.6. The van der Waals surface area contributed by atoms with Gasteiger partial charge in [-0.15, -0.1) is 11.3 Å². The molecule has 0 saturated heterocycles. The van der Waals surface area contributed by atoms with E-state index in [9.17, 15) is 18.0 Å². The summed E-state index contributed by atoms with van der Waals surface area (Å²) in [6.45, 7) is 1.75. The van der Waals surface area contributed by atoms with E-state index in [-0.39, 0.29) is 22.3 Å². The maximum Gasteiger partial charge on any atom is 0.334 e. The number of ether oxygens (including phenoxy) is 1. The summed E-state index contributed by atoms with van der Waals surface area (Å²) in [4.78, 5) is 27.5. The molecular formula is C13H15N5O5S2. The predicted molar refractivity (Wildman–Crippen MR) is 92.4 cm³/mol. The number of amides is 4. The van der Waals surface area contributed by atoms with Crippen molar-refractivity contribution in [2.75, 3.05) is 17.7 Å². The van der Waals surface area contributed by atoms with Crippen molar-refractivity contribution in [1.29, 1.82) is 0 Å². The van der Waals surface area contributed by atoms with Crippen LogP contribution < -0.4 is 25.8 Å². The smallest absolute Gasteiger partial charge is 0.334 e. The number of carbonyl (C=O) groups is 2. The topological polar surface area (TPSA) is 153 Å². The monoisotopic (exact) mass is 385 g/mol. The van der Waals surface area contributed by atoms with Crippen molar-refractivity contribution in [3.05, 3.63) is 28.5 Å².